The molecule has 1 fully saturated rings. The molecule has 2 aromatic rings. The zero-order chi connectivity index (χ0) is 14.7. The third-order valence-corrected chi connectivity index (χ3v) is 3.39. The number of carbonyl (C=O) groups excluding carboxylic acids is 1. The highest BCUT2D eigenvalue weighted by Crippen LogP contribution is 2.15. The molecule has 1 aliphatic rings. The van der Waals surface area contributed by atoms with Crippen molar-refractivity contribution in [2.24, 2.45) is 0 Å². The molecule has 0 spiro atoms. The van der Waals surface area contributed by atoms with Crippen LogP contribution in [0.4, 0.5) is 16.0 Å². The van der Waals surface area contributed by atoms with Crippen molar-refractivity contribution in [3.63, 3.8) is 0 Å². The monoisotopic (exact) mass is 286 g/mol. The molecule has 1 aromatic carbocycles. The zero-order valence-electron chi connectivity index (χ0n) is 11.4. The second kappa shape index (κ2) is 5.87. The quantitative estimate of drug-likeness (QED) is 0.942. The topological polar surface area (TPSA) is 58.1 Å². The lowest BCUT2D eigenvalue weighted by Crippen LogP contribution is -2.27. The fourth-order valence-corrected chi connectivity index (χ4v) is 2.27. The van der Waals surface area contributed by atoms with E-state index in [0.717, 1.165) is 25.9 Å². The fraction of sp³-hybridized carbons (Fsp3) is 0.267. The van der Waals surface area contributed by atoms with Gasteiger partial charge in [-0.2, -0.15) is 0 Å². The van der Waals surface area contributed by atoms with E-state index in [1.54, 1.807) is 12.1 Å². The average molecular weight is 286 g/mol. The maximum atomic E-state index is 12.8. The fourth-order valence-electron chi connectivity index (χ4n) is 2.27. The van der Waals surface area contributed by atoms with Gasteiger partial charge >= 0.3 is 0 Å². The van der Waals surface area contributed by atoms with Gasteiger partial charge in [-0.05, 0) is 37.1 Å². The van der Waals surface area contributed by atoms with E-state index in [2.05, 4.69) is 15.3 Å². The summed E-state index contributed by atoms with van der Waals surface area (Å²) in [6.45, 7) is 1.60. The number of hydrogen-bond donors (Lipinski definition) is 1. The number of nitrogens with one attached hydrogen (secondary N) is 1. The standard InChI is InChI=1S/C15H15FN4O/c16-12-3-5-13(6-4-12)19-15-17-9-11(10-18-15)14(21)20-7-1-2-8-20/h3-6,9-10H,1-2,7-8H2,(H,17,18,19). The molecule has 0 aliphatic carbocycles. The number of halogens is 1. The van der Waals surface area contributed by atoms with Crippen LogP contribution < -0.4 is 5.32 Å². The summed E-state index contributed by atoms with van der Waals surface area (Å²) in [4.78, 5) is 22.2. The van der Waals surface area contributed by atoms with Crippen molar-refractivity contribution >= 4 is 17.5 Å². The van der Waals surface area contributed by atoms with Gasteiger partial charge in [-0.15, -0.1) is 0 Å². The maximum absolute atomic E-state index is 12.8. The lowest BCUT2D eigenvalue weighted by atomic mass is 10.3. The van der Waals surface area contributed by atoms with Crippen molar-refractivity contribution in [3.8, 4) is 0 Å². The first-order chi connectivity index (χ1) is 10.2. The summed E-state index contributed by atoms with van der Waals surface area (Å²) in [5.41, 5.74) is 1.18. The second-order valence-corrected chi connectivity index (χ2v) is 4.93. The molecule has 1 saturated heterocycles. The Hall–Kier alpha value is -2.50. The van der Waals surface area contributed by atoms with Crippen LogP contribution >= 0.6 is 0 Å². The Morgan fingerprint density at radius 1 is 1.10 bits per heavy atom. The molecule has 6 heteroatoms. The van der Waals surface area contributed by atoms with Crippen LogP contribution in [-0.4, -0.2) is 33.9 Å². The Labute approximate surface area is 121 Å². The van der Waals surface area contributed by atoms with Gasteiger partial charge in [0.1, 0.15) is 5.82 Å². The molecule has 1 amide bonds. The third-order valence-electron chi connectivity index (χ3n) is 3.39. The van der Waals surface area contributed by atoms with Gasteiger partial charge in [0.25, 0.3) is 5.91 Å². The van der Waals surface area contributed by atoms with Crippen LogP contribution in [0.3, 0.4) is 0 Å². The van der Waals surface area contributed by atoms with E-state index < -0.39 is 0 Å². The van der Waals surface area contributed by atoms with Gasteiger partial charge in [-0.3, -0.25) is 4.79 Å². The number of likely N-dealkylation sites (tertiary alicyclic amines) is 1. The first-order valence-electron chi connectivity index (χ1n) is 6.86. The molecule has 108 valence electrons. The largest absolute Gasteiger partial charge is 0.339 e. The van der Waals surface area contributed by atoms with Crippen molar-refractivity contribution in [2.75, 3.05) is 18.4 Å². The molecular formula is C15H15FN4O. The number of benzene rings is 1. The minimum absolute atomic E-state index is 0.0270. The summed E-state index contributed by atoms with van der Waals surface area (Å²) < 4.78 is 12.8. The highest BCUT2D eigenvalue weighted by Gasteiger charge is 2.19. The van der Waals surface area contributed by atoms with Crippen molar-refractivity contribution < 1.29 is 9.18 Å². The van der Waals surface area contributed by atoms with E-state index >= 15 is 0 Å². The molecule has 5 nitrogen and oxygen atoms in total. The van der Waals surface area contributed by atoms with E-state index in [9.17, 15) is 9.18 Å². The zero-order valence-corrected chi connectivity index (χ0v) is 11.4. The van der Waals surface area contributed by atoms with Gasteiger partial charge < -0.3 is 10.2 Å². The number of aromatic nitrogens is 2. The summed E-state index contributed by atoms with van der Waals surface area (Å²) in [6.07, 6.45) is 5.13. The summed E-state index contributed by atoms with van der Waals surface area (Å²) in [5.74, 6) is 0.0495. The van der Waals surface area contributed by atoms with Gasteiger partial charge in [0.05, 0.1) is 5.56 Å². The van der Waals surface area contributed by atoms with Gasteiger partial charge in [0.2, 0.25) is 5.95 Å². The molecule has 0 bridgehead atoms. The van der Waals surface area contributed by atoms with Gasteiger partial charge in [-0.1, -0.05) is 0 Å². The Bertz CT molecular complexity index is 621. The van der Waals surface area contributed by atoms with Crippen LogP contribution in [0.25, 0.3) is 0 Å². The summed E-state index contributed by atoms with van der Waals surface area (Å²) in [6, 6.07) is 5.91. The number of amides is 1. The lowest BCUT2D eigenvalue weighted by Gasteiger charge is -2.14. The molecule has 0 radical (unpaired) electrons. The SMILES string of the molecule is O=C(c1cnc(Nc2ccc(F)cc2)nc1)N1CCCC1. The molecule has 0 unspecified atom stereocenters. The Morgan fingerprint density at radius 2 is 1.71 bits per heavy atom. The normalized spacial score (nSPS) is 14.2. The van der Waals surface area contributed by atoms with Gasteiger partial charge in [0.15, 0.2) is 0 Å². The van der Waals surface area contributed by atoms with Crippen LogP contribution in [0.15, 0.2) is 36.7 Å². The first kappa shape index (κ1) is 13.5. The number of carbonyl (C=O) groups is 1. The van der Waals surface area contributed by atoms with Crippen molar-refractivity contribution in [2.45, 2.75) is 12.8 Å². The molecule has 0 atom stereocenters. The molecule has 2 heterocycles. The number of anilines is 2. The smallest absolute Gasteiger partial charge is 0.256 e. The van der Waals surface area contributed by atoms with Crippen LogP contribution in [0, 0.1) is 5.82 Å². The molecule has 1 aliphatic heterocycles. The number of rotatable bonds is 3. The highest BCUT2D eigenvalue weighted by atomic mass is 19.1. The predicted molar refractivity (Wildman–Crippen MR) is 76.9 cm³/mol. The highest BCUT2D eigenvalue weighted by molar-refractivity contribution is 5.93. The number of hydrogen-bond acceptors (Lipinski definition) is 4. The second-order valence-electron chi connectivity index (χ2n) is 4.93. The number of nitrogens with zero attached hydrogens (tertiary/aromatic N) is 3. The Morgan fingerprint density at radius 3 is 2.33 bits per heavy atom. The molecular weight excluding hydrogens is 271 g/mol. The van der Waals surface area contributed by atoms with E-state index in [1.165, 1.54) is 24.5 Å². The summed E-state index contributed by atoms with van der Waals surface area (Å²) in [7, 11) is 0. The van der Waals surface area contributed by atoms with Gasteiger partial charge in [0, 0.05) is 31.2 Å². The molecule has 0 saturated carbocycles. The van der Waals surface area contributed by atoms with Crippen LogP contribution in [0.1, 0.15) is 23.2 Å². The predicted octanol–water partition coefficient (Wildman–Crippen LogP) is 2.60. The van der Waals surface area contributed by atoms with E-state index in [-0.39, 0.29) is 11.7 Å². The van der Waals surface area contributed by atoms with Crippen LogP contribution in [0.5, 0.6) is 0 Å². The average Bonchev–Trinajstić information content (AvgIpc) is 3.04. The van der Waals surface area contributed by atoms with Gasteiger partial charge in [-0.25, -0.2) is 14.4 Å². The Kier molecular flexibility index (Phi) is 3.77. The summed E-state index contributed by atoms with van der Waals surface area (Å²) >= 11 is 0. The first-order valence-corrected chi connectivity index (χ1v) is 6.86. The van der Waals surface area contributed by atoms with E-state index in [0.29, 0.717) is 17.2 Å². The van der Waals surface area contributed by atoms with E-state index in [4.69, 9.17) is 0 Å². The molecule has 1 aromatic heterocycles. The summed E-state index contributed by atoms with van der Waals surface area (Å²) in [5, 5.41) is 2.95. The minimum atomic E-state index is -0.298. The van der Waals surface area contributed by atoms with Crippen molar-refractivity contribution in [1.29, 1.82) is 0 Å². The van der Waals surface area contributed by atoms with Crippen LogP contribution in [0.2, 0.25) is 0 Å². The van der Waals surface area contributed by atoms with Crippen molar-refractivity contribution in [1.82, 2.24) is 14.9 Å². The van der Waals surface area contributed by atoms with E-state index in [1.807, 2.05) is 4.90 Å². The molecule has 21 heavy (non-hydrogen) atoms. The molecule has 3 rings (SSSR count). The minimum Gasteiger partial charge on any atom is -0.339 e. The molecule has 1 N–H and O–H groups in total. The van der Waals surface area contributed by atoms with Crippen molar-refractivity contribution in [3.05, 3.63) is 48.0 Å². The Balaban J connectivity index is 1.68. The maximum Gasteiger partial charge on any atom is 0.256 e. The lowest BCUT2D eigenvalue weighted by molar-refractivity contribution is 0.0792. The third kappa shape index (κ3) is 3.16. The van der Waals surface area contributed by atoms with Crippen LogP contribution in [-0.2, 0) is 0 Å².